The standard InChI is InChI=1S/C25H31FN2O3/c26-20-8-6-19(7-9-20)15-27-22-21-16-30-25(31-21)23(24(22)29)28-12-10-18(11-13-28)14-17-4-2-1-3-5-17/h1-9,18,21-25,27,29H,10-16H2/t21-,22-,23-,24+,25-/m1/s1. The molecule has 2 aromatic rings. The summed E-state index contributed by atoms with van der Waals surface area (Å²) in [6.45, 7) is 2.93. The number of aliphatic hydroxyl groups is 1. The number of likely N-dealkylation sites (tertiary alicyclic amines) is 1. The van der Waals surface area contributed by atoms with E-state index in [1.165, 1.54) is 17.7 Å². The van der Waals surface area contributed by atoms with Crippen LogP contribution in [0.25, 0.3) is 0 Å². The minimum absolute atomic E-state index is 0.160. The van der Waals surface area contributed by atoms with Crippen LogP contribution >= 0.6 is 0 Å². The monoisotopic (exact) mass is 426 g/mol. The summed E-state index contributed by atoms with van der Waals surface area (Å²) in [6.07, 6.45) is 2.24. The Morgan fingerprint density at radius 2 is 1.74 bits per heavy atom. The Bertz CT molecular complexity index is 842. The normalized spacial score (nSPS) is 31.7. The van der Waals surface area contributed by atoms with Crippen molar-refractivity contribution < 1.29 is 19.0 Å². The van der Waals surface area contributed by atoms with Crippen LogP contribution in [0.1, 0.15) is 24.0 Å². The molecule has 3 fully saturated rings. The summed E-state index contributed by atoms with van der Waals surface area (Å²) in [7, 11) is 0. The van der Waals surface area contributed by atoms with E-state index in [4.69, 9.17) is 9.47 Å². The van der Waals surface area contributed by atoms with Crippen molar-refractivity contribution in [2.75, 3.05) is 19.7 Å². The van der Waals surface area contributed by atoms with Gasteiger partial charge in [-0.2, -0.15) is 0 Å². The Labute approximate surface area is 183 Å². The van der Waals surface area contributed by atoms with Gasteiger partial charge >= 0.3 is 0 Å². The van der Waals surface area contributed by atoms with E-state index in [0.717, 1.165) is 37.9 Å². The molecule has 3 aliphatic rings. The Morgan fingerprint density at radius 1 is 1.00 bits per heavy atom. The second-order valence-corrected chi connectivity index (χ2v) is 9.06. The molecule has 5 nitrogen and oxygen atoms in total. The molecule has 2 N–H and O–H groups in total. The molecule has 0 saturated carbocycles. The van der Waals surface area contributed by atoms with Crippen LogP contribution in [0, 0.1) is 11.7 Å². The lowest BCUT2D eigenvalue weighted by atomic mass is 9.87. The average molecular weight is 427 g/mol. The molecule has 2 bridgehead atoms. The third kappa shape index (κ3) is 4.69. The van der Waals surface area contributed by atoms with Gasteiger partial charge in [0.2, 0.25) is 0 Å². The molecule has 3 aliphatic heterocycles. The van der Waals surface area contributed by atoms with E-state index >= 15 is 0 Å². The summed E-state index contributed by atoms with van der Waals surface area (Å²) >= 11 is 0. The molecule has 31 heavy (non-hydrogen) atoms. The van der Waals surface area contributed by atoms with Gasteiger partial charge in [0, 0.05) is 6.54 Å². The maximum atomic E-state index is 13.2. The van der Waals surface area contributed by atoms with Crippen molar-refractivity contribution in [3.63, 3.8) is 0 Å². The van der Waals surface area contributed by atoms with Crippen LogP contribution in [0.15, 0.2) is 54.6 Å². The molecule has 0 spiro atoms. The molecule has 0 radical (unpaired) electrons. The SMILES string of the molecule is O[C@H]1[C@H](NCc2ccc(F)cc2)[C@H]2CO[C@H](O2)[C@@H]1N1CCC(Cc2ccccc2)CC1. The van der Waals surface area contributed by atoms with Crippen molar-refractivity contribution in [1.82, 2.24) is 10.2 Å². The highest BCUT2D eigenvalue weighted by Gasteiger charge is 2.52. The number of halogens is 1. The quantitative estimate of drug-likeness (QED) is 0.744. The molecule has 5 atom stereocenters. The number of piperidine rings is 1. The number of aliphatic hydroxyl groups excluding tert-OH is 1. The maximum Gasteiger partial charge on any atom is 0.176 e. The molecule has 6 heteroatoms. The number of nitrogens with one attached hydrogen (secondary N) is 1. The van der Waals surface area contributed by atoms with Crippen LogP contribution in [0.4, 0.5) is 4.39 Å². The van der Waals surface area contributed by atoms with Gasteiger partial charge < -0.3 is 19.9 Å². The van der Waals surface area contributed by atoms with Crippen LogP contribution in [-0.4, -0.2) is 60.3 Å². The van der Waals surface area contributed by atoms with Crippen molar-refractivity contribution in [2.24, 2.45) is 5.92 Å². The lowest BCUT2D eigenvalue weighted by molar-refractivity contribution is -0.186. The van der Waals surface area contributed by atoms with Crippen LogP contribution in [0.2, 0.25) is 0 Å². The van der Waals surface area contributed by atoms with Crippen molar-refractivity contribution >= 4 is 0 Å². The highest BCUT2D eigenvalue weighted by Crippen LogP contribution is 2.34. The zero-order chi connectivity index (χ0) is 21.2. The molecular formula is C25H31FN2O3. The molecule has 5 rings (SSSR count). The summed E-state index contributed by atoms with van der Waals surface area (Å²) in [6, 6.07) is 16.8. The number of rotatable bonds is 6. The van der Waals surface area contributed by atoms with Crippen LogP contribution in [-0.2, 0) is 22.4 Å². The summed E-state index contributed by atoms with van der Waals surface area (Å²) in [5.41, 5.74) is 2.38. The Balaban J connectivity index is 1.19. The minimum Gasteiger partial charge on any atom is -0.390 e. The topological polar surface area (TPSA) is 54.0 Å². The van der Waals surface area contributed by atoms with Crippen molar-refractivity contribution in [3.05, 3.63) is 71.5 Å². The van der Waals surface area contributed by atoms with Gasteiger partial charge in [0.25, 0.3) is 0 Å². The number of benzene rings is 2. The van der Waals surface area contributed by atoms with Gasteiger partial charge in [0.15, 0.2) is 6.29 Å². The van der Waals surface area contributed by atoms with E-state index in [-0.39, 0.29) is 30.3 Å². The molecule has 0 unspecified atom stereocenters. The van der Waals surface area contributed by atoms with Crippen molar-refractivity contribution in [2.45, 2.75) is 56.4 Å². The predicted molar refractivity (Wildman–Crippen MR) is 116 cm³/mol. The number of fused-ring (bicyclic) bond motifs is 2. The lowest BCUT2D eigenvalue weighted by Gasteiger charge is -2.46. The summed E-state index contributed by atoms with van der Waals surface area (Å²) < 4.78 is 25.2. The Morgan fingerprint density at radius 3 is 2.48 bits per heavy atom. The second-order valence-electron chi connectivity index (χ2n) is 9.06. The van der Waals surface area contributed by atoms with E-state index < -0.39 is 6.10 Å². The third-order valence-corrected chi connectivity index (χ3v) is 7.02. The first kappa shape index (κ1) is 21.0. The first-order valence-electron chi connectivity index (χ1n) is 11.4. The van der Waals surface area contributed by atoms with E-state index in [2.05, 4.69) is 40.5 Å². The van der Waals surface area contributed by atoms with Gasteiger partial charge in [-0.15, -0.1) is 0 Å². The lowest BCUT2D eigenvalue weighted by Crippen LogP contribution is -2.65. The zero-order valence-electron chi connectivity index (χ0n) is 17.7. The molecular weight excluding hydrogens is 395 g/mol. The summed E-state index contributed by atoms with van der Waals surface area (Å²) in [5.74, 6) is 0.428. The van der Waals surface area contributed by atoms with Gasteiger partial charge in [-0.25, -0.2) is 4.39 Å². The van der Waals surface area contributed by atoms with Gasteiger partial charge in [0.1, 0.15) is 11.9 Å². The number of hydrogen-bond acceptors (Lipinski definition) is 5. The number of hydrogen-bond donors (Lipinski definition) is 2. The second kappa shape index (κ2) is 9.35. The third-order valence-electron chi connectivity index (χ3n) is 7.02. The zero-order valence-corrected chi connectivity index (χ0v) is 17.7. The molecule has 166 valence electrons. The van der Waals surface area contributed by atoms with Crippen LogP contribution in [0.3, 0.4) is 0 Å². The highest BCUT2D eigenvalue weighted by molar-refractivity contribution is 5.17. The summed E-state index contributed by atoms with van der Waals surface area (Å²) in [4.78, 5) is 2.35. The van der Waals surface area contributed by atoms with Gasteiger partial charge in [-0.1, -0.05) is 42.5 Å². The predicted octanol–water partition coefficient (Wildman–Crippen LogP) is 2.72. The fourth-order valence-electron chi connectivity index (χ4n) is 5.28. The molecule has 3 heterocycles. The molecule has 2 aromatic carbocycles. The molecule has 0 amide bonds. The van der Waals surface area contributed by atoms with Crippen LogP contribution in [0.5, 0.6) is 0 Å². The maximum absolute atomic E-state index is 13.2. The fourth-order valence-corrected chi connectivity index (χ4v) is 5.28. The molecule has 0 aliphatic carbocycles. The smallest absolute Gasteiger partial charge is 0.176 e. The summed E-state index contributed by atoms with van der Waals surface area (Å²) in [5, 5.41) is 14.7. The fraction of sp³-hybridized carbons (Fsp3) is 0.520. The Hall–Kier alpha value is -1.83. The number of nitrogens with zero attached hydrogens (tertiary/aromatic N) is 1. The Kier molecular flexibility index (Phi) is 6.34. The van der Waals surface area contributed by atoms with E-state index in [9.17, 15) is 9.50 Å². The molecule has 0 aromatic heterocycles. The first-order valence-corrected chi connectivity index (χ1v) is 11.4. The molecule has 3 saturated heterocycles. The van der Waals surface area contributed by atoms with Crippen molar-refractivity contribution in [1.29, 1.82) is 0 Å². The van der Waals surface area contributed by atoms with E-state index in [0.29, 0.717) is 19.1 Å². The highest BCUT2D eigenvalue weighted by atomic mass is 19.1. The largest absolute Gasteiger partial charge is 0.390 e. The minimum atomic E-state index is -0.572. The van der Waals surface area contributed by atoms with Gasteiger partial charge in [-0.05, 0) is 61.5 Å². The number of ether oxygens (including phenoxy) is 2. The van der Waals surface area contributed by atoms with Crippen molar-refractivity contribution in [3.8, 4) is 0 Å². The average Bonchev–Trinajstić information content (AvgIpc) is 3.22. The van der Waals surface area contributed by atoms with Crippen LogP contribution < -0.4 is 5.32 Å². The van der Waals surface area contributed by atoms with E-state index in [1.54, 1.807) is 12.1 Å². The first-order chi connectivity index (χ1) is 15.2. The van der Waals surface area contributed by atoms with Gasteiger partial charge in [0.05, 0.1) is 24.8 Å². The van der Waals surface area contributed by atoms with E-state index in [1.807, 2.05) is 0 Å². The van der Waals surface area contributed by atoms with Gasteiger partial charge in [-0.3, -0.25) is 4.90 Å².